The lowest BCUT2D eigenvalue weighted by Crippen LogP contribution is -1.99. The largest absolute Gasteiger partial charge is 0.493 e. The zero-order valence-electron chi connectivity index (χ0n) is 6.46. The molecule has 4 heteroatoms. The van der Waals surface area contributed by atoms with E-state index in [4.69, 9.17) is 9.47 Å². The van der Waals surface area contributed by atoms with E-state index in [1.807, 2.05) is 24.3 Å². The zero-order chi connectivity index (χ0) is 8.97. The van der Waals surface area contributed by atoms with Crippen LogP contribution < -0.4 is 9.47 Å². The SMILES string of the molecule is COc1ccccc1OC(Br)Br. The molecule has 0 spiro atoms. The molecule has 66 valence electrons. The van der Waals surface area contributed by atoms with Crippen LogP contribution in [0.4, 0.5) is 0 Å². The number of para-hydroxylation sites is 2. The summed E-state index contributed by atoms with van der Waals surface area (Å²) in [6.07, 6.45) is 0. The normalized spacial score (nSPS) is 10.0. The standard InChI is InChI=1S/C8H8Br2O2/c1-11-6-4-2-3-5-7(6)12-8(9)10/h2-5,8H,1H3. The molecular formula is C8H8Br2O2. The minimum absolute atomic E-state index is 0.193. The molecule has 0 radical (unpaired) electrons. The highest BCUT2D eigenvalue weighted by molar-refractivity contribution is 9.24. The van der Waals surface area contributed by atoms with Crippen molar-refractivity contribution in [3.05, 3.63) is 24.3 Å². The van der Waals surface area contributed by atoms with Gasteiger partial charge in [-0.05, 0) is 44.0 Å². The minimum Gasteiger partial charge on any atom is -0.493 e. The van der Waals surface area contributed by atoms with E-state index in [2.05, 4.69) is 31.9 Å². The first kappa shape index (κ1) is 9.86. The Morgan fingerprint density at radius 2 is 1.75 bits per heavy atom. The van der Waals surface area contributed by atoms with Crippen LogP contribution in [-0.2, 0) is 0 Å². The van der Waals surface area contributed by atoms with Gasteiger partial charge in [0.1, 0.15) is 0 Å². The number of rotatable bonds is 3. The third-order valence-electron chi connectivity index (χ3n) is 1.29. The van der Waals surface area contributed by atoms with Crippen LogP contribution in [0.1, 0.15) is 0 Å². The monoisotopic (exact) mass is 294 g/mol. The van der Waals surface area contributed by atoms with Gasteiger partial charge >= 0.3 is 0 Å². The van der Waals surface area contributed by atoms with E-state index in [1.165, 1.54) is 0 Å². The van der Waals surface area contributed by atoms with Gasteiger partial charge in [-0.3, -0.25) is 0 Å². The number of alkyl halides is 2. The number of hydrogen-bond donors (Lipinski definition) is 0. The van der Waals surface area contributed by atoms with Gasteiger partial charge in [0, 0.05) is 0 Å². The second-order valence-electron chi connectivity index (χ2n) is 2.03. The topological polar surface area (TPSA) is 18.5 Å². The predicted octanol–water partition coefficient (Wildman–Crippen LogP) is 3.15. The summed E-state index contributed by atoms with van der Waals surface area (Å²) in [7, 11) is 1.61. The fraction of sp³-hybridized carbons (Fsp3) is 0.250. The van der Waals surface area contributed by atoms with Crippen molar-refractivity contribution in [3.63, 3.8) is 0 Å². The Balaban J connectivity index is 2.82. The van der Waals surface area contributed by atoms with E-state index in [0.717, 1.165) is 5.75 Å². The van der Waals surface area contributed by atoms with Crippen LogP contribution in [0.3, 0.4) is 0 Å². The average molecular weight is 296 g/mol. The molecule has 0 bridgehead atoms. The Kier molecular flexibility index (Phi) is 3.88. The van der Waals surface area contributed by atoms with E-state index in [1.54, 1.807) is 7.11 Å². The summed E-state index contributed by atoms with van der Waals surface area (Å²) in [6, 6.07) is 7.47. The predicted molar refractivity (Wildman–Crippen MR) is 55.3 cm³/mol. The molecule has 0 N–H and O–H groups in total. The Morgan fingerprint density at radius 3 is 2.25 bits per heavy atom. The van der Waals surface area contributed by atoms with Crippen molar-refractivity contribution in [2.75, 3.05) is 7.11 Å². The Morgan fingerprint density at radius 1 is 1.17 bits per heavy atom. The number of halogens is 2. The summed E-state index contributed by atoms with van der Waals surface area (Å²) in [5.41, 5.74) is 0. The molecule has 0 aliphatic heterocycles. The second kappa shape index (κ2) is 4.72. The Hall–Kier alpha value is -0.220. The van der Waals surface area contributed by atoms with Gasteiger partial charge in [-0.2, -0.15) is 0 Å². The lowest BCUT2D eigenvalue weighted by Gasteiger charge is -2.10. The Labute approximate surface area is 88.1 Å². The molecule has 1 rings (SSSR count). The maximum Gasteiger partial charge on any atom is 0.207 e. The van der Waals surface area contributed by atoms with Crippen LogP contribution >= 0.6 is 31.9 Å². The van der Waals surface area contributed by atoms with Crippen molar-refractivity contribution in [2.45, 2.75) is 3.92 Å². The number of methoxy groups -OCH3 is 1. The summed E-state index contributed by atoms with van der Waals surface area (Å²) in [5, 5.41) is 0. The molecular weight excluding hydrogens is 288 g/mol. The first-order valence-electron chi connectivity index (χ1n) is 3.32. The van der Waals surface area contributed by atoms with E-state index in [-0.39, 0.29) is 3.92 Å². The van der Waals surface area contributed by atoms with Gasteiger partial charge in [0.05, 0.1) is 7.11 Å². The van der Waals surface area contributed by atoms with Gasteiger partial charge < -0.3 is 9.47 Å². The van der Waals surface area contributed by atoms with Gasteiger partial charge in [0.2, 0.25) is 3.92 Å². The number of benzene rings is 1. The van der Waals surface area contributed by atoms with Crippen LogP contribution in [0, 0.1) is 0 Å². The molecule has 0 saturated carbocycles. The first-order valence-corrected chi connectivity index (χ1v) is 5.15. The van der Waals surface area contributed by atoms with Crippen molar-refractivity contribution in [1.82, 2.24) is 0 Å². The van der Waals surface area contributed by atoms with Crippen molar-refractivity contribution < 1.29 is 9.47 Å². The third kappa shape index (κ3) is 2.68. The summed E-state index contributed by atoms with van der Waals surface area (Å²) < 4.78 is 10.2. The molecule has 0 aromatic heterocycles. The highest BCUT2D eigenvalue weighted by atomic mass is 79.9. The molecule has 12 heavy (non-hydrogen) atoms. The minimum atomic E-state index is -0.193. The molecule has 0 aliphatic rings. The summed E-state index contributed by atoms with van der Waals surface area (Å²) >= 11 is 6.43. The molecule has 0 amide bonds. The van der Waals surface area contributed by atoms with Gasteiger partial charge in [-0.1, -0.05) is 12.1 Å². The summed E-state index contributed by atoms with van der Waals surface area (Å²) in [4.78, 5) is 0. The molecule has 0 atom stereocenters. The maximum absolute atomic E-state index is 5.34. The van der Waals surface area contributed by atoms with Gasteiger partial charge in [-0.25, -0.2) is 0 Å². The molecule has 0 saturated heterocycles. The van der Waals surface area contributed by atoms with Crippen molar-refractivity contribution in [1.29, 1.82) is 0 Å². The van der Waals surface area contributed by atoms with E-state index < -0.39 is 0 Å². The van der Waals surface area contributed by atoms with Crippen LogP contribution in [0.5, 0.6) is 11.5 Å². The van der Waals surface area contributed by atoms with Gasteiger partial charge in [0.25, 0.3) is 0 Å². The number of hydrogen-bond acceptors (Lipinski definition) is 2. The molecule has 0 unspecified atom stereocenters. The third-order valence-corrected chi connectivity index (χ3v) is 1.66. The van der Waals surface area contributed by atoms with Gasteiger partial charge in [-0.15, -0.1) is 0 Å². The fourth-order valence-corrected chi connectivity index (χ4v) is 1.21. The van der Waals surface area contributed by atoms with E-state index in [9.17, 15) is 0 Å². The molecule has 0 heterocycles. The van der Waals surface area contributed by atoms with Crippen LogP contribution in [-0.4, -0.2) is 11.0 Å². The molecule has 0 fully saturated rings. The van der Waals surface area contributed by atoms with Crippen molar-refractivity contribution >= 4 is 31.9 Å². The smallest absolute Gasteiger partial charge is 0.207 e. The molecule has 1 aromatic carbocycles. The molecule has 0 aliphatic carbocycles. The Bertz CT molecular complexity index is 251. The zero-order valence-corrected chi connectivity index (χ0v) is 9.63. The quantitative estimate of drug-likeness (QED) is 0.798. The molecule has 2 nitrogen and oxygen atoms in total. The van der Waals surface area contributed by atoms with Crippen LogP contribution in [0.2, 0.25) is 0 Å². The summed E-state index contributed by atoms with van der Waals surface area (Å²) in [5.74, 6) is 1.43. The fourth-order valence-electron chi connectivity index (χ4n) is 0.812. The summed E-state index contributed by atoms with van der Waals surface area (Å²) in [6.45, 7) is 0. The van der Waals surface area contributed by atoms with Gasteiger partial charge in [0.15, 0.2) is 11.5 Å². The highest BCUT2D eigenvalue weighted by Crippen LogP contribution is 2.28. The van der Waals surface area contributed by atoms with Crippen molar-refractivity contribution in [2.24, 2.45) is 0 Å². The molecule has 1 aromatic rings. The van der Waals surface area contributed by atoms with E-state index >= 15 is 0 Å². The van der Waals surface area contributed by atoms with Crippen LogP contribution in [0.15, 0.2) is 24.3 Å². The highest BCUT2D eigenvalue weighted by Gasteiger charge is 2.05. The lowest BCUT2D eigenvalue weighted by atomic mass is 10.3. The van der Waals surface area contributed by atoms with Crippen LogP contribution in [0.25, 0.3) is 0 Å². The maximum atomic E-state index is 5.34. The lowest BCUT2D eigenvalue weighted by molar-refractivity contribution is 0.334. The number of ether oxygens (including phenoxy) is 2. The van der Waals surface area contributed by atoms with Crippen molar-refractivity contribution in [3.8, 4) is 11.5 Å². The second-order valence-corrected chi connectivity index (χ2v) is 4.92. The van der Waals surface area contributed by atoms with E-state index in [0.29, 0.717) is 5.75 Å². The first-order chi connectivity index (χ1) is 5.74. The average Bonchev–Trinajstić information content (AvgIpc) is 2.04.